The Morgan fingerprint density at radius 3 is 2.96 bits per heavy atom. The summed E-state index contributed by atoms with van der Waals surface area (Å²) in [6.45, 7) is 2.74. The molecule has 4 nitrogen and oxygen atoms in total. The van der Waals surface area contributed by atoms with Gasteiger partial charge in [-0.25, -0.2) is 4.98 Å². The van der Waals surface area contributed by atoms with Crippen molar-refractivity contribution in [3.05, 3.63) is 65.7 Å². The van der Waals surface area contributed by atoms with E-state index in [0.717, 1.165) is 34.5 Å². The summed E-state index contributed by atoms with van der Waals surface area (Å²) in [6, 6.07) is 13.2. The molecule has 0 atom stereocenters. The molecule has 0 bridgehead atoms. The quantitative estimate of drug-likeness (QED) is 0.420. The van der Waals surface area contributed by atoms with Crippen LogP contribution in [0.2, 0.25) is 0 Å². The van der Waals surface area contributed by atoms with E-state index in [-0.39, 0.29) is 5.91 Å². The molecule has 3 aromatic rings. The van der Waals surface area contributed by atoms with Crippen molar-refractivity contribution in [3.8, 4) is 5.75 Å². The fourth-order valence-electron chi connectivity index (χ4n) is 2.61. The summed E-state index contributed by atoms with van der Waals surface area (Å²) in [6.07, 6.45) is 6.17. The Bertz CT molecular complexity index is 917. The second-order valence-electron chi connectivity index (χ2n) is 5.91. The third-order valence-corrected chi connectivity index (χ3v) is 4.84. The zero-order valence-corrected chi connectivity index (χ0v) is 15.8. The molecule has 3 rings (SSSR count). The Morgan fingerprint density at radius 1 is 1.23 bits per heavy atom. The maximum absolute atomic E-state index is 12.8. The molecule has 1 heterocycles. The largest absolute Gasteiger partial charge is 0.493 e. The number of carbonyl (C=O) groups is 1. The third kappa shape index (κ3) is 4.29. The molecule has 0 aliphatic carbocycles. The SMILES string of the molecule is CCC=CCCOc1cccc(N(C)C(=O)c2ccc3ncsc3c2)c1. The number of ether oxygens (including phenoxy) is 1. The number of nitrogens with zero attached hydrogens (tertiary/aromatic N) is 2. The lowest BCUT2D eigenvalue weighted by Gasteiger charge is -2.18. The summed E-state index contributed by atoms with van der Waals surface area (Å²) in [4.78, 5) is 18.7. The molecule has 0 spiro atoms. The van der Waals surface area contributed by atoms with Crippen molar-refractivity contribution in [2.24, 2.45) is 0 Å². The first-order chi connectivity index (χ1) is 12.7. The lowest BCUT2D eigenvalue weighted by Crippen LogP contribution is -2.26. The monoisotopic (exact) mass is 366 g/mol. The fourth-order valence-corrected chi connectivity index (χ4v) is 3.33. The van der Waals surface area contributed by atoms with Crippen LogP contribution < -0.4 is 9.64 Å². The van der Waals surface area contributed by atoms with Gasteiger partial charge in [0, 0.05) is 24.4 Å². The Morgan fingerprint density at radius 2 is 2.12 bits per heavy atom. The minimum absolute atomic E-state index is 0.0525. The average molecular weight is 366 g/mol. The normalized spacial score (nSPS) is 11.2. The second kappa shape index (κ2) is 8.63. The molecule has 0 aliphatic rings. The summed E-state index contributed by atoms with van der Waals surface area (Å²) in [5.74, 6) is 0.716. The van der Waals surface area contributed by atoms with Gasteiger partial charge < -0.3 is 9.64 Å². The number of allylic oxidation sites excluding steroid dienone is 1. The van der Waals surface area contributed by atoms with E-state index in [2.05, 4.69) is 24.1 Å². The van der Waals surface area contributed by atoms with Crippen LogP contribution in [0.4, 0.5) is 5.69 Å². The van der Waals surface area contributed by atoms with Gasteiger partial charge in [-0.2, -0.15) is 0 Å². The van der Waals surface area contributed by atoms with E-state index < -0.39 is 0 Å². The van der Waals surface area contributed by atoms with E-state index in [4.69, 9.17) is 4.74 Å². The van der Waals surface area contributed by atoms with E-state index in [1.54, 1.807) is 17.5 Å². The van der Waals surface area contributed by atoms with Crippen LogP contribution in [0.25, 0.3) is 10.2 Å². The number of hydrogen-bond donors (Lipinski definition) is 0. The van der Waals surface area contributed by atoms with Gasteiger partial charge in [0.25, 0.3) is 5.91 Å². The van der Waals surface area contributed by atoms with Crippen molar-refractivity contribution < 1.29 is 9.53 Å². The molecule has 0 saturated heterocycles. The van der Waals surface area contributed by atoms with Crippen LogP contribution in [0, 0.1) is 0 Å². The predicted molar refractivity (Wildman–Crippen MR) is 108 cm³/mol. The molecule has 0 unspecified atom stereocenters. The smallest absolute Gasteiger partial charge is 0.258 e. The van der Waals surface area contributed by atoms with Gasteiger partial charge in [0.2, 0.25) is 0 Å². The van der Waals surface area contributed by atoms with E-state index in [1.807, 2.05) is 42.5 Å². The van der Waals surface area contributed by atoms with Crippen LogP contribution >= 0.6 is 11.3 Å². The van der Waals surface area contributed by atoms with Gasteiger partial charge >= 0.3 is 0 Å². The molecular formula is C21H22N2O2S. The highest BCUT2D eigenvalue weighted by molar-refractivity contribution is 7.16. The number of carbonyl (C=O) groups excluding carboxylic acids is 1. The van der Waals surface area contributed by atoms with Crippen LogP contribution in [0.1, 0.15) is 30.1 Å². The summed E-state index contributed by atoms with van der Waals surface area (Å²) >= 11 is 1.54. The standard InChI is InChI=1S/C21H22N2O2S/c1-3-4-5-6-12-25-18-9-7-8-17(14-18)23(2)21(24)16-10-11-19-20(13-16)26-15-22-19/h4-5,7-11,13-15H,3,6,12H2,1-2H3. The lowest BCUT2D eigenvalue weighted by atomic mass is 10.1. The molecule has 0 aliphatic heterocycles. The van der Waals surface area contributed by atoms with E-state index in [0.29, 0.717) is 12.2 Å². The summed E-state index contributed by atoms with van der Waals surface area (Å²) in [5.41, 5.74) is 4.17. The van der Waals surface area contributed by atoms with Gasteiger partial charge in [-0.15, -0.1) is 11.3 Å². The van der Waals surface area contributed by atoms with Gasteiger partial charge in [-0.05, 0) is 43.2 Å². The summed E-state index contributed by atoms with van der Waals surface area (Å²) in [5, 5.41) is 0. The number of rotatable bonds is 7. The molecule has 0 radical (unpaired) electrons. The summed E-state index contributed by atoms with van der Waals surface area (Å²) < 4.78 is 6.80. The highest BCUT2D eigenvalue weighted by Gasteiger charge is 2.15. The van der Waals surface area contributed by atoms with Crippen molar-refractivity contribution in [1.29, 1.82) is 0 Å². The maximum Gasteiger partial charge on any atom is 0.258 e. The Labute approximate surface area is 157 Å². The number of hydrogen-bond acceptors (Lipinski definition) is 4. The molecule has 2 aromatic carbocycles. The number of fused-ring (bicyclic) bond motifs is 1. The lowest BCUT2D eigenvalue weighted by molar-refractivity contribution is 0.0993. The fraction of sp³-hybridized carbons (Fsp3) is 0.238. The van der Waals surface area contributed by atoms with Crippen molar-refractivity contribution in [2.45, 2.75) is 19.8 Å². The minimum Gasteiger partial charge on any atom is -0.493 e. The van der Waals surface area contributed by atoms with Gasteiger partial charge in [-0.1, -0.05) is 25.1 Å². The third-order valence-electron chi connectivity index (χ3n) is 4.04. The first-order valence-electron chi connectivity index (χ1n) is 8.68. The van der Waals surface area contributed by atoms with Gasteiger partial charge in [-0.3, -0.25) is 4.79 Å². The maximum atomic E-state index is 12.8. The highest BCUT2D eigenvalue weighted by Crippen LogP contribution is 2.24. The molecule has 5 heteroatoms. The van der Waals surface area contributed by atoms with E-state index in [1.165, 1.54) is 11.3 Å². The van der Waals surface area contributed by atoms with Crippen molar-refractivity contribution in [1.82, 2.24) is 4.98 Å². The van der Waals surface area contributed by atoms with Crippen LogP contribution in [0.15, 0.2) is 60.1 Å². The van der Waals surface area contributed by atoms with Gasteiger partial charge in [0.05, 0.1) is 22.3 Å². The van der Waals surface area contributed by atoms with Crippen LogP contribution in [-0.2, 0) is 0 Å². The average Bonchev–Trinajstić information content (AvgIpc) is 3.14. The molecule has 134 valence electrons. The molecule has 0 N–H and O–H groups in total. The number of amides is 1. The summed E-state index contributed by atoms with van der Waals surface area (Å²) in [7, 11) is 1.78. The molecular weight excluding hydrogens is 344 g/mol. The van der Waals surface area contributed by atoms with Crippen LogP contribution in [0.5, 0.6) is 5.75 Å². The number of aromatic nitrogens is 1. The van der Waals surface area contributed by atoms with Gasteiger partial charge in [0.15, 0.2) is 0 Å². The molecule has 26 heavy (non-hydrogen) atoms. The zero-order chi connectivity index (χ0) is 18.4. The van der Waals surface area contributed by atoms with Crippen molar-refractivity contribution in [2.75, 3.05) is 18.6 Å². The second-order valence-corrected chi connectivity index (χ2v) is 6.80. The zero-order valence-electron chi connectivity index (χ0n) is 15.0. The molecule has 1 aromatic heterocycles. The predicted octanol–water partition coefficient (Wildman–Crippen LogP) is 5.31. The van der Waals surface area contributed by atoms with Gasteiger partial charge in [0.1, 0.15) is 5.75 Å². The number of benzene rings is 2. The molecule has 0 fully saturated rings. The molecule has 1 amide bonds. The van der Waals surface area contributed by atoms with Crippen LogP contribution in [-0.4, -0.2) is 24.5 Å². The number of anilines is 1. The highest BCUT2D eigenvalue weighted by atomic mass is 32.1. The first kappa shape index (κ1) is 18.1. The van der Waals surface area contributed by atoms with Crippen molar-refractivity contribution in [3.63, 3.8) is 0 Å². The first-order valence-corrected chi connectivity index (χ1v) is 9.56. The number of thiazole rings is 1. The Kier molecular flexibility index (Phi) is 6.02. The van der Waals surface area contributed by atoms with E-state index >= 15 is 0 Å². The van der Waals surface area contributed by atoms with E-state index in [9.17, 15) is 4.79 Å². The van der Waals surface area contributed by atoms with Crippen molar-refractivity contribution >= 4 is 33.1 Å². The molecule has 0 saturated carbocycles. The van der Waals surface area contributed by atoms with Crippen LogP contribution in [0.3, 0.4) is 0 Å². The minimum atomic E-state index is -0.0525. The topological polar surface area (TPSA) is 42.4 Å². The Balaban J connectivity index is 1.70. The Hall–Kier alpha value is -2.66.